The third kappa shape index (κ3) is 8.57. The van der Waals surface area contributed by atoms with Crippen LogP contribution in [0.2, 0.25) is 0 Å². The summed E-state index contributed by atoms with van der Waals surface area (Å²) in [4.78, 5) is 25.2. The zero-order valence-corrected chi connectivity index (χ0v) is 20.2. The molecule has 2 aliphatic rings. The van der Waals surface area contributed by atoms with Crippen LogP contribution in [0.4, 0.5) is 11.6 Å². The van der Waals surface area contributed by atoms with Gasteiger partial charge in [0.15, 0.2) is 17.8 Å². The van der Waals surface area contributed by atoms with Gasteiger partial charge in [0.1, 0.15) is 11.7 Å². The summed E-state index contributed by atoms with van der Waals surface area (Å²) >= 11 is 0. The van der Waals surface area contributed by atoms with Crippen LogP contribution < -0.4 is 28.3 Å². The minimum absolute atomic E-state index is 0.00744. The highest BCUT2D eigenvalue weighted by molar-refractivity contribution is 5.99. The van der Waals surface area contributed by atoms with E-state index in [1.165, 1.54) is 0 Å². The summed E-state index contributed by atoms with van der Waals surface area (Å²) < 4.78 is 5.70. The number of aliphatic hydroxyl groups is 2. The predicted molar refractivity (Wildman–Crippen MR) is 133 cm³/mol. The van der Waals surface area contributed by atoms with Crippen LogP contribution in [0.1, 0.15) is 79.9 Å². The van der Waals surface area contributed by atoms with Crippen molar-refractivity contribution >= 4 is 23.4 Å². The lowest BCUT2D eigenvalue weighted by atomic mass is 9.84. The van der Waals surface area contributed by atoms with E-state index in [1.54, 1.807) is 0 Å². The van der Waals surface area contributed by atoms with Crippen LogP contribution in [-0.2, 0) is 4.74 Å². The lowest BCUT2D eigenvalue weighted by Gasteiger charge is -2.29. The number of hydrogen-bond acceptors (Lipinski definition) is 10. The molecule has 12 heteroatoms. The van der Waals surface area contributed by atoms with Crippen molar-refractivity contribution in [1.82, 2.24) is 15.3 Å². The molecule has 0 spiro atoms. The molecule has 1 atom stereocenters. The molecule has 1 amide bonds. The Bertz CT molecular complexity index is 869. The molecular weight excluding hydrogens is 452 g/mol. The van der Waals surface area contributed by atoms with Crippen molar-refractivity contribution < 1.29 is 19.7 Å². The van der Waals surface area contributed by atoms with E-state index in [0.29, 0.717) is 24.0 Å². The standard InChI is InChI=1S/C23H40N8O4/c24-16(23(33)34)12-35-15-8-4-13(5-9-15)3-1-2-10-28-17(25)11-29-22(32)19-21(27)31-20(26)18(30-19)14-6-7-14/h13-16,23,33-34H,1-12,24H2,(H2,25,28)(H,29,32)(H4,26,27,31)/t13?,15?,16-/m0/s1. The molecule has 0 radical (unpaired) electrons. The molecule has 0 bridgehead atoms. The molecule has 12 nitrogen and oxygen atoms in total. The average Bonchev–Trinajstić information content (AvgIpc) is 3.67. The molecule has 35 heavy (non-hydrogen) atoms. The number of nitrogens with one attached hydrogen (secondary N) is 1. The molecule has 1 aromatic heterocycles. The van der Waals surface area contributed by atoms with Crippen LogP contribution in [-0.4, -0.2) is 70.1 Å². The molecule has 0 saturated heterocycles. The van der Waals surface area contributed by atoms with Crippen molar-refractivity contribution in [2.45, 2.75) is 82.1 Å². The molecule has 0 aliphatic heterocycles. The van der Waals surface area contributed by atoms with Crippen LogP contribution in [0.5, 0.6) is 0 Å². The summed E-state index contributed by atoms with van der Waals surface area (Å²) in [6, 6.07) is -0.765. The number of amidine groups is 1. The number of unbranched alkanes of at least 4 members (excludes halogenated alkanes) is 1. The lowest BCUT2D eigenvalue weighted by Crippen LogP contribution is -2.40. The summed E-state index contributed by atoms with van der Waals surface area (Å²) in [5, 5.41) is 20.7. The van der Waals surface area contributed by atoms with E-state index in [-0.39, 0.29) is 42.5 Å². The molecular formula is C23H40N8O4. The van der Waals surface area contributed by atoms with Gasteiger partial charge >= 0.3 is 0 Å². The Kier molecular flexibility index (Phi) is 10.0. The molecule has 2 saturated carbocycles. The third-order valence-electron chi connectivity index (χ3n) is 6.62. The van der Waals surface area contributed by atoms with Gasteiger partial charge in [0.05, 0.1) is 31.0 Å². The number of nitrogens with zero attached hydrogens (tertiary/aromatic N) is 3. The van der Waals surface area contributed by atoms with Gasteiger partial charge in [-0.25, -0.2) is 9.97 Å². The summed E-state index contributed by atoms with van der Waals surface area (Å²) in [7, 11) is 0. The SMILES string of the molecule is NC(CNC(=O)c1nc(C2CC2)c(N)nc1N)=NCCCCC1CCC(OC[C@H](N)C(O)O)CC1. The first-order valence-corrected chi connectivity index (χ1v) is 12.5. The zero-order valence-electron chi connectivity index (χ0n) is 20.2. The summed E-state index contributed by atoms with van der Waals surface area (Å²) in [6.45, 7) is 0.885. The third-order valence-corrected chi connectivity index (χ3v) is 6.62. The van der Waals surface area contributed by atoms with Crippen LogP contribution in [0.25, 0.3) is 0 Å². The number of aromatic nitrogens is 2. The smallest absolute Gasteiger partial charge is 0.274 e. The molecule has 2 fully saturated rings. The second-order valence-electron chi connectivity index (χ2n) is 9.61. The fourth-order valence-electron chi connectivity index (χ4n) is 4.30. The second kappa shape index (κ2) is 13.0. The zero-order chi connectivity index (χ0) is 25.4. The van der Waals surface area contributed by atoms with E-state index in [9.17, 15) is 4.79 Å². The van der Waals surface area contributed by atoms with E-state index in [4.69, 9.17) is 37.9 Å². The number of ether oxygens (including phenoxy) is 1. The van der Waals surface area contributed by atoms with E-state index >= 15 is 0 Å². The fourth-order valence-corrected chi connectivity index (χ4v) is 4.30. The Morgan fingerprint density at radius 2 is 1.80 bits per heavy atom. The molecule has 196 valence electrons. The molecule has 2 aliphatic carbocycles. The highest BCUT2D eigenvalue weighted by atomic mass is 16.5. The minimum Gasteiger partial charge on any atom is -0.386 e. The molecule has 0 aromatic carbocycles. The summed E-state index contributed by atoms with van der Waals surface area (Å²) in [6.07, 6.45) is 7.82. The average molecular weight is 493 g/mol. The number of hydrogen-bond donors (Lipinski definition) is 7. The van der Waals surface area contributed by atoms with Gasteiger partial charge in [-0.1, -0.05) is 12.8 Å². The monoisotopic (exact) mass is 492 g/mol. The number of anilines is 2. The number of amides is 1. The topological polar surface area (TPSA) is 221 Å². The van der Waals surface area contributed by atoms with Crippen LogP contribution >= 0.6 is 0 Å². The van der Waals surface area contributed by atoms with E-state index < -0.39 is 18.2 Å². The fraction of sp³-hybridized carbons (Fsp3) is 0.739. The van der Waals surface area contributed by atoms with Gasteiger partial charge in [0.2, 0.25) is 0 Å². The van der Waals surface area contributed by atoms with Gasteiger partial charge in [-0.15, -0.1) is 0 Å². The quantitative estimate of drug-likeness (QED) is 0.0844. The Hall–Kier alpha value is -2.54. The number of carbonyl (C=O) groups excluding carboxylic acids is 1. The van der Waals surface area contributed by atoms with Gasteiger partial charge in [-0.05, 0) is 50.9 Å². The molecule has 3 rings (SSSR count). The van der Waals surface area contributed by atoms with E-state index in [2.05, 4.69) is 20.3 Å². The van der Waals surface area contributed by atoms with Crippen molar-refractivity contribution in [3.8, 4) is 0 Å². The number of aliphatic hydroxyl groups excluding tert-OH is 1. The van der Waals surface area contributed by atoms with Gasteiger partial charge in [0, 0.05) is 12.5 Å². The van der Waals surface area contributed by atoms with Gasteiger partial charge in [-0.2, -0.15) is 0 Å². The van der Waals surface area contributed by atoms with Crippen molar-refractivity contribution in [3.63, 3.8) is 0 Å². The van der Waals surface area contributed by atoms with Crippen LogP contribution in [0.3, 0.4) is 0 Å². The van der Waals surface area contributed by atoms with Crippen molar-refractivity contribution in [1.29, 1.82) is 0 Å². The first-order chi connectivity index (χ1) is 16.7. The van der Waals surface area contributed by atoms with E-state index in [0.717, 1.165) is 57.8 Å². The molecule has 0 unspecified atom stereocenters. The van der Waals surface area contributed by atoms with Crippen LogP contribution in [0.15, 0.2) is 4.99 Å². The highest BCUT2D eigenvalue weighted by Gasteiger charge is 2.30. The van der Waals surface area contributed by atoms with Gasteiger partial charge in [-0.3, -0.25) is 9.79 Å². The summed E-state index contributed by atoms with van der Waals surface area (Å²) in [5.41, 5.74) is 23.9. The number of nitrogens with two attached hydrogens (primary N) is 4. The second-order valence-corrected chi connectivity index (χ2v) is 9.61. The largest absolute Gasteiger partial charge is 0.386 e. The molecule has 11 N–H and O–H groups in total. The van der Waals surface area contributed by atoms with Crippen molar-refractivity contribution in [2.24, 2.45) is 22.4 Å². The molecule has 1 aromatic rings. The molecule has 1 heterocycles. The highest BCUT2D eigenvalue weighted by Crippen LogP contribution is 2.41. The number of carbonyl (C=O) groups is 1. The van der Waals surface area contributed by atoms with Crippen molar-refractivity contribution in [2.75, 3.05) is 31.2 Å². The predicted octanol–water partition coefficient (Wildman–Crippen LogP) is -0.0109. The van der Waals surface area contributed by atoms with Gasteiger partial charge < -0.3 is 43.2 Å². The Morgan fingerprint density at radius 1 is 1.09 bits per heavy atom. The Labute approximate surface area is 205 Å². The maximum Gasteiger partial charge on any atom is 0.274 e. The summed E-state index contributed by atoms with van der Waals surface area (Å²) in [5.74, 6) is 1.13. The normalized spacial score (nSPS) is 21.8. The van der Waals surface area contributed by atoms with Crippen LogP contribution in [0, 0.1) is 5.92 Å². The lowest BCUT2D eigenvalue weighted by molar-refractivity contribution is -0.0884. The van der Waals surface area contributed by atoms with E-state index in [1.807, 2.05) is 0 Å². The van der Waals surface area contributed by atoms with Gasteiger partial charge in [0.25, 0.3) is 5.91 Å². The number of aliphatic imine (C=N–C) groups is 1. The maximum absolute atomic E-state index is 12.5. The Morgan fingerprint density at radius 3 is 2.46 bits per heavy atom. The van der Waals surface area contributed by atoms with Crippen molar-refractivity contribution in [3.05, 3.63) is 11.4 Å². The number of nitrogen functional groups attached to an aromatic ring is 2. The maximum atomic E-state index is 12.5. The first kappa shape index (κ1) is 27.1. The Balaban J connectivity index is 1.29. The minimum atomic E-state index is -1.55. The first-order valence-electron chi connectivity index (χ1n) is 12.5. The number of rotatable bonds is 13.